The van der Waals surface area contributed by atoms with E-state index in [4.69, 9.17) is 0 Å². The van der Waals surface area contributed by atoms with E-state index in [2.05, 4.69) is 10.6 Å². The van der Waals surface area contributed by atoms with Crippen LogP contribution in [-0.2, 0) is 4.79 Å². The number of carbonyl (C=O) groups excluding carboxylic acids is 2. The summed E-state index contributed by atoms with van der Waals surface area (Å²) in [4.78, 5) is 22.1. The fourth-order valence-electron chi connectivity index (χ4n) is 2.16. The Morgan fingerprint density at radius 1 is 0.864 bits per heavy atom. The second kappa shape index (κ2) is 8.62. The number of nitrogens with one attached hydrogen (secondary N) is 2. The van der Waals surface area contributed by atoms with E-state index in [1.807, 2.05) is 54.6 Å². The van der Waals surface area contributed by atoms with E-state index in [1.54, 1.807) is 0 Å². The van der Waals surface area contributed by atoms with Crippen molar-refractivity contribution in [3.63, 3.8) is 0 Å². The van der Waals surface area contributed by atoms with Crippen molar-refractivity contribution in [2.24, 2.45) is 0 Å². The molecule has 114 valence electrons. The van der Waals surface area contributed by atoms with Gasteiger partial charge in [0.1, 0.15) is 0 Å². The van der Waals surface area contributed by atoms with Crippen LogP contribution in [0, 0.1) is 0 Å². The van der Waals surface area contributed by atoms with Gasteiger partial charge in [-0.15, -0.1) is 0 Å². The van der Waals surface area contributed by atoms with Crippen LogP contribution in [0.5, 0.6) is 0 Å². The van der Waals surface area contributed by atoms with Crippen LogP contribution in [0.3, 0.4) is 0 Å². The molecule has 0 aromatic heterocycles. The van der Waals surface area contributed by atoms with Gasteiger partial charge in [-0.3, -0.25) is 9.59 Å². The molecule has 0 saturated heterocycles. The molecule has 2 aromatic rings. The summed E-state index contributed by atoms with van der Waals surface area (Å²) in [7, 11) is 0. The average Bonchev–Trinajstić information content (AvgIpc) is 2.59. The van der Waals surface area contributed by atoms with Gasteiger partial charge in [0.25, 0.3) is 5.91 Å². The zero-order valence-corrected chi connectivity index (χ0v) is 12.4. The standard InChI is InChI=1S/C18H20N2O2/c21-14-19-12-4-5-13-20-18(22)17-10-8-16(9-11-17)15-6-2-1-3-7-15/h1-3,6-11,14H,4-5,12-13H2,(H,19,21)(H,20,22). The average molecular weight is 296 g/mol. The van der Waals surface area contributed by atoms with Gasteiger partial charge in [0, 0.05) is 18.7 Å². The van der Waals surface area contributed by atoms with Crippen molar-refractivity contribution < 1.29 is 9.59 Å². The first kappa shape index (κ1) is 15.8. The van der Waals surface area contributed by atoms with Crippen molar-refractivity contribution in [3.05, 3.63) is 60.2 Å². The van der Waals surface area contributed by atoms with E-state index in [-0.39, 0.29) is 5.91 Å². The number of carbonyl (C=O) groups is 2. The Hall–Kier alpha value is -2.62. The maximum Gasteiger partial charge on any atom is 0.251 e. The number of hydrogen-bond donors (Lipinski definition) is 2. The Labute approximate surface area is 130 Å². The molecule has 2 amide bonds. The van der Waals surface area contributed by atoms with Crippen LogP contribution in [0.4, 0.5) is 0 Å². The first-order chi connectivity index (χ1) is 10.8. The molecular formula is C18H20N2O2. The highest BCUT2D eigenvalue weighted by Gasteiger charge is 2.05. The third kappa shape index (κ3) is 4.74. The molecule has 0 heterocycles. The Kier molecular flexibility index (Phi) is 6.18. The predicted molar refractivity (Wildman–Crippen MR) is 87.5 cm³/mol. The van der Waals surface area contributed by atoms with Crippen LogP contribution in [-0.4, -0.2) is 25.4 Å². The lowest BCUT2D eigenvalue weighted by Crippen LogP contribution is -2.25. The molecule has 0 radical (unpaired) electrons. The lowest BCUT2D eigenvalue weighted by atomic mass is 10.0. The Morgan fingerprint density at radius 2 is 1.50 bits per heavy atom. The molecule has 2 rings (SSSR count). The van der Waals surface area contributed by atoms with Crippen LogP contribution in [0.25, 0.3) is 11.1 Å². The van der Waals surface area contributed by atoms with Crippen LogP contribution >= 0.6 is 0 Å². The minimum Gasteiger partial charge on any atom is -0.359 e. The smallest absolute Gasteiger partial charge is 0.251 e. The van der Waals surface area contributed by atoms with Crippen molar-refractivity contribution >= 4 is 12.3 Å². The van der Waals surface area contributed by atoms with Crippen molar-refractivity contribution in [1.29, 1.82) is 0 Å². The molecule has 0 unspecified atom stereocenters. The van der Waals surface area contributed by atoms with Gasteiger partial charge < -0.3 is 10.6 Å². The van der Waals surface area contributed by atoms with Gasteiger partial charge >= 0.3 is 0 Å². The van der Waals surface area contributed by atoms with Gasteiger partial charge in [0.05, 0.1) is 0 Å². The first-order valence-corrected chi connectivity index (χ1v) is 7.42. The summed E-state index contributed by atoms with van der Waals surface area (Å²) in [5.41, 5.74) is 2.89. The third-order valence-electron chi connectivity index (χ3n) is 3.37. The van der Waals surface area contributed by atoms with Crippen molar-refractivity contribution in [2.45, 2.75) is 12.8 Å². The highest BCUT2D eigenvalue weighted by molar-refractivity contribution is 5.94. The summed E-state index contributed by atoms with van der Waals surface area (Å²) < 4.78 is 0. The zero-order valence-electron chi connectivity index (χ0n) is 12.4. The van der Waals surface area contributed by atoms with E-state index < -0.39 is 0 Å². The number of unbranched alkanes of at least 4 members (excludes halogenated alkanes) is 1. The van der Waals surface area contributed by atoms with E-state index in [0.29, 0.717) is 25.1 Å². The predicted octanol–water partition coefficient (Wildman–Crippen LogP) is 2.61. The highest BCUT2D eigenvalue weighted by Crippen LogP contribution is 2.19. The van der Waals surface area contributed by atoms with Crippen molar-refractivity contribution in [2.75, 3.05) is 13.1 Å². The first-order valence-electron chi connectivity index (χ1n) is 7.42. The molecule has 4 nitrogen and oxygen atoms in total. The number of rotatable bonds is 8. The summed E-state index contributed by atoms with van der Waals surface area (Å²) in [5.74, 6) is -0.0667. The summed E-state index contributed by atoms with van der Waals surface area (Å²) in [6.45, 7) is 1.25. The monoisotopic (exact) mass is 296 g/mol. The summed E-state index contributed by atoms with van der Waals surface area (Å²) >= 11 is 0. The molecule has 4 heteroatoms. The molecule has 0 spiro atoms. The van der Waals surface area contributed by atoms with Gasteiger partial charge in [-0.1, -0.05) is 42.5 Å². The lowest BCUT2D eigenvalue weighted by molar-refractivity contribution is -0.109. The summed E-state index contributed by atoms with van der Waals surface area (Å²) in [6.07, 6.45) is 2.38. The van der Waals surface area contributed by atoms with Gasteiger partial charge in [-0.05, 0) is 36.1 Å². The second-order valence-electron chi connectivity index (χ2n) is 4.98. The van der Waals surface area contributed by atoms with Gasteiger partial charge in [-0.25, -0.2) is 0 Å². The second-order valence-corrected chi connectivity index (χ2v) is 4.98. The number of hydrogen-bond acceptors (Lipinski definition) is 2. The van der Waals surface area contributed by atoms with Crippen LogP contribution in [0.1, 0.15) is 23.2 Å². The Balaban J connectivity index is 1.82. The molecule has 22 heavy (non-hydrogen) atoms. The maximum atomic E-state index is 12.0. The largest absolute Gasteiger partial charge is 0.359 e. The Morgan fingerprint density at radius 3 is 2.18 bits per heavy atom. The normalized spacial score (nSPS) is 10.0. The van der Waals surface area contributed by atoms with Gasteiger partial charge in [0.15, 0.2) is 0 Å². The molecule has 0 bridgehead atoms. The van der Waals surface area contributed by atoms with Crippen LogP contribution in [0.15, 0.2) is 54.6 Å². The molecular weight excluding hydrogens is 276 g/mol. The molecule has 2 aromatic carbocycles. The number of benzene rings is 2. The maximum absolute atomic E-state index is 12.0. The minimum atomic E-state index is -0.0667. The molecule has 0 fully saturated rings. The van der Waals surface area contributed by atoms with Crippen LogP contribution < -0.4 is 10.6 Å². The van der Waals surface area contributed by atoms with Crippen LogP contribution in [0.2, 0.25) is 0 Å². The lowest BCUT2D eigenvalue weighted by Gasteiger charge is -2.06. The molecule has 0 atom stereocenters. The molecule has 0 aliphatic carbocycles. The zero-order chi connectivity index (χ0) is 15.6. The fourth-order valence-corrected chi connectivity index (χ4v) is 2.16. The van der Waals surface area contributed by atoms with Gasteiger partial charge in [0.2, 0.25) is 6.41 Å². The van der Waals surface area contributed by atoms with E-state index in [0.717, 1.165) is 24.0 Å². The topological polar surface area (TPSA) is 58.2 Å². The quantitative estimate of drug-likeness (QED) is 0.581. The SMILES string of the molecule is O=CNCCCCNC(=O)c1ccc(-c2ccccc2)cc1. The van der Waals surface area contributed by atoms with Crippen molar-refractivity contribution in [3.8, 4) is 11.1 Å². The highest BCUT2D eigenvalue weighted by atomic mass is 16.1. The van der Waals surface area contributed by atoms with E-state index in [1.165, 1.54) is 0 Å². The molecule has 0 saturated carbocycles. The third-order valence-corrected chi connectivity index (χ3v) is 3.37. The van der Waals surface area contributed by atoms with E-state index >= 15 is 0 Å². The summed E-state index contributed by atoms with van der Waals surface area (Å²) in [5, 5.41) is 5.48. The molecule has 0 aliphatic heterocycles. The summed E-state index contributed by atoms with van der Waals surface area (Å²) in [6, 6.07) is 17.7. The fraction of sp³-hybridized carbons (Fsp3) is 0.222. The number of amides is 2. The minimum absolute atomic E-state index is 0.0667. The molecule has 2 N–H and O–H groups in total. The van der Waals surface area contributed by atoms with Crippen molar-refractivity contribution in [1.82, 2.24) is 10.6 Å². The Bertz CT molecular complexity index is 594. The van der Waals surface area contributed by atoms with Gasteiger partial charge in [-0.2, -0.15) is 0 Å². The van der Waals surface area contributed by atoms with E-state index in [9.17, 15) is 9.59 Å². The molecule has 0 aliphatic rings.